The maximum absolute atomic E-state index is 13.1. The van der Waals surface area contributed by atoms with Gasteiger partial charge in [-0.2, -0.15) is 5.10 Å². The molecular weight excluding hydrogens is 499 g/mol. The van der Waals surface area contributed by atoms with Crippen LogP contribution < -0.4 is 10.1 Å². The Kier molecular flexibility index (Phi) is 6.94. The lowest BCUT2D eigenvalue weighted by atomic mass is 10.0. The molecule has 9 nitrogen and oxygen atoms in total. The fourth-order valence-electron chi connectivity index (χ4n) is 4.44. The molecule has 6 rings (SSSR count). The van der Waals surface area contributed by atoms with Crippen LogP contribution in [0.1, 0.15) is 16.1 Å². The van der Waals surface area contributed by atoms with Crippen molar-refractivity contribution in [2.24, 2.45) is 0 Å². The predicted octanol–water partition coefficient (Wildman–Crippen LogP) is 5.04. The largest absolute Gasteiger partial charge is 0.439 e. The SMILES string of the molecule is O=C(Nc1ccc(Oc2ccc(F)cc2)nc1)c1n[nH]c2ccc(-c3cncc(CN4CCOCC4)c3)cc12. The molecule has 5 aromatic rings. The number of aromatic amines is 1. The highest BCUT2D eigenvalue weighted by Crippen LogP contribution is 2.27. The van der Waals surface area contributed by atoms with E-state index in [4.69, 9.17) is 9.47 Å². The van der Waals surface area contributed by atoms with Gasteiger partial charge in [0.15, 0.2) is 5.69 Å². The van der Waals surface area contributed by atoms with E-state index in [9.17, 15) is 9.18 Å². The number of pyridine rings is 2. The standard InChI is InChI=1S/C29H25FN6O3/c30-22-2-5-24(6-3-22)39-27-8-4-23(17-32-27)33-29(37)28-25-14-20(1-7-26(25)34-35-28)21-13-19(15-31-16-21)18-36-9-11-38-12-10-36/h1-8,13-17H,9-12,18H2,(H,33,37)(H,34,35). The average molecular weight is 525 g/mol. The zero-order valence-corrected chi connectivity index (χ0v) is 20.9. The van der Waals surface area contributed by atoms with E-state index in [0.717, 1.165) is 55.1 Å². The summed E-state index contributed by atoms with van der Waals surface area (Å²) >= 11 is 0. The summed E-state index contributed by atoms with van der Waals surface area (Å²) in [6.45, 7) is 4.12. The number of aromatic nitrogens is 4. The second-order valence-electron chi connectivity index (χ2n) is 9.20. The van der Waals surface area contributed by atoms with E-state index >= 15 is 0 Å². The number of carbonyl (C=O) groups is 1. The van der Waals surface area contributed by atoms with E-state index in [1.54, 1.807) is 12.1 Å². The smallest absolute Gasteiger partial charge is 0.276 e. The van der Waals surface area contributed by atoms with E-state index in [1.165, 1.54) is 30.5 Å². The van der Waals surface area contributed by atoms with E-state index in [-0.39, 0.29) is 17.4 Å². The van der Waals surface area contributed by atoms with Crippen LogP contribution in [0.4, 0.5) is 10.1 Å². The molecule has 1 aliphatic rings. The third-order valence-corrected chi connectivity index (χ3v) is 6.45. The summed E-state index contributed by atoms with van der Waals surface area (Å²) in [6, 6.07) is 16.9. The number of nitrogens with one attached hydrogen (secondary N) is 2. The number of H-pyrrole nitrogens is 1. The molecule has 196 valence electrons. The molecule has 2 N–H and O–H groups in total. The zero-order valence-electron chi connectivity index (χ0n) is 20.9. The Morgan fingerprint density at radius 2 is 1.85 bits per heavy atom. The maximum atomic E-state index is 13.1. The number of ether oxygens (including phenoxy) is 2. The number of morpholine rings is 1. The highest BCUT2D eigenvalue weighted by atomic mass is 19.1. The predicted molar refractivity (Wildman–Crippen MR) is 144 cm³/mol. The number of nitrogens with zero attached hydrogens (tertiary/aromatic N) is 4. The number of fused-ring (bicyclic) bond motifs is 1. The van der Waals surface area contributed by atoms with Gasteiger partial charge in [0, 0.05) is 49.0 Å². The van der Waals surface area contributed by atoms with Gasteiger partial charge >= 0.3 is 0 Å². The molecule has 1 saturated heterocycles. The molecule has 1 aliphatic heterocycles. The van der Waals surface area contributed by atoms with Crippen molar-refractivity contribution in [3.05, 3.63) is 96.3 Å². The topological polar surface area (TPSA) is 105 Å². The lowest BCUT2D eigenvalue weighted by Gasteiger charge is -2.26. The van der Waals surface area contributed by atoms with Crippen LogP contribution in [0.15, 0.2) is 79.3 Å². The van der Waals surface area contributed by atoms with E-state index < -0.39 is 0 Å². The summed E-state index contributed by atoms with van der Waals surface area (Å²) in [4.78, 5) is 24.1. The molecule has 0 spiro atoms. The minimum Gasteiger partial charge on any atom is -0.439 e. The second kappa shape index (κ2) is 11.0. The minimum atomic E-state index is -0.369. The van der Waals surface area contributed by atoms with Crippen LogP contribution in [0.2, 0.25) is 0 Å². The molecule has 0 bridgehead atoms. The Labute approximate surface area is 223 Å². The average Bonchev–Trinajstić information content (AvgIpc) is 3.40. The first-order valence-corrected chi connectivity index (χ1v) is 12.5. The number of hydrogen-bond donors (Lipinski definition) is 2. The van der Waals surface area contributed by atoms with Crippen molar-refractivity contribution in [3.63, 3.8) is 0 Å². The quantitative estimate of drug-likeness (QED) is 0.307. The molecule has 0 aliphatic carbocycles. The second-order valence-corrected chi connectivity index (χ2v) is 9.20. The Morgan fingerprint density at radius 1 is 1.00 bits per heavy atom. The van der Waals surface area contributed by atoms with Crippen molar-refractivity contribution in [1.82, 2.24) is 25.1 Å². The van der Waals surface area contributed by atoms with Crippen LogP contribution in [0.3, 0.4) is 0 Å². The van der Waals surface area contributed by atoms with Gasteiger partial charge in [-0.05, 0) is 59.7 Å². The van der Waals surface area contributed by atoms with Crippen LogP contribution in [-0.2, 0) is 11.3 Å². The van der Waals surface area contributed by atoms with Crippen molar-refractivity contribution in [1.29, 1.82) is 0 Å². The number of halogens is 1. The van der Waals surface area contributed by atoms with E-state index in [1.807, 2.05) is 30.6 Å². The number of rotatable bonds is 7. The summed E-state index contributed by atoms with van der Waals surface area (Å²) in [5.74, 6) is 0.0622. The van der Waals surface area contributed by atoms with Crippen molar-refractivity contribution in [2.75, 3.05) is 31.6 Å². The fourth-order valence-corrected chi connectivity index (χ4v) is 4.44. The lowest BCUT2D eigenvalue weighted by Crippen LogP contribution is -2.35. The summed E-state index contributed by atoms with van der Waals surface area (Å²) in [5, 5.41) is 10.7. The number of carbonyl (C=O) groups excluding carboxylic acids is 1. The van der Waals surface area contributed by atoms with Gasteiger partial charge in [-0.1, -0.05) is 6.07 Å². The van der Waals surface area contributed by atoms with Gasteiger partial charge < -0.3 is 14.8 Å². The van der Waals surface area contributed by atoms with Crippen LogP contribution >= 0.6 is 0 Å². The molecule has 0 unspecified atom stereocenters. The number of hydrogen-bond acceptors (Lipinski definition) is 7. The van der Waals surface area contributed by atoms with Gasteiger partial charge in [-0.15, -0.1) is 0 Å². The van der Waals surface area contributed by atoms with Gasteiger partial charge in [-0.25, -0.2) is 9.37 Å². The van der Waals surface area contributed by atoms with Gasteiger partial charge in [0.25, 0.3) is 5.91 Å². The Bertz CT molecular complexity index is 1600. The van der Waals surface area contributed by atoms with E-state index in [0.29, 0.717) is 22.7 Å². The van der Waals surface area contributed by atoms with Crippen molar-refractivity contribution in [3.8, 4) is 22.8 Å². The third-order valence-electron chi connectivity index (χ3n) is 6.45. The first kappa shape index (κ1) is 24.7. The highest BCUT2D eigenvalue weighted by molar-refractivity contribution is 6.11. The first-order chi connectivity index (χ1) is 19.1. The maximum Gasteiger partial charge on any atom is 0.276 e. The Hall–Kier alpha value is -4.67. The lowest BCUT2D eigenvalue weighted by molar-refractivity contribution is 0.0341. The Morgan fingerprint density at radius 3 is 2.64 bits per heavy atom. The minimum absolute atomic E-state index is 0.274. The molecule has 4 heterocycles. The van der Waals surface area contributed by atoms with Crippen molar-refractivity contribution >= 4 is 22.5 Å². The molecule has 0 atom stereocenters. The zero-order chi connectivity index (χ0) is 26.6. The summed E-state index contributed by atoms with van der Waals surface area (Å²) in [5.41, 5.74) is 4.55. The van der Waals surface area contributed by atoms with Crippen molar-refractivity contribution in [2.45, 2.75) is 6.54 Å². The van der Waals surface area contributed by atoms with Gasteiger partial charge in [0.05, 0.1) is 30.6 Å². The summed E-state index contributed by atoms with van der Waals surface area (Å²) in [6.07, 6.45) is 5.20. The van der Waals surface area contributed by atoms with Gasteiger partial charge in [-0.3, -0.25) is 19.8 Å². The van der Waals surface area contributed by atoms with Crippen LogP contribution in [0.5, 0.6) is 11.6 Å². The van der Waals surface area contributed by atoms with Crippen LogP contribution in [0.25, 0.3) is 22.0 Å². The first-order valence-electron chi connectivity index (χ1n) is 12.5. The molecule has 1 fully saturated rings. The van der Waals surface area contributed by atoms with Crippen LogP contribution in [-0.4, -0.2) is 57.3 Å². The number of amides is 1. The monoisotopic (exact) mass is 524 g/mol. The normalized spacial score (nSPS) is 13.9. The molecule has 0 saturated carbocycles. The molecule has 10 heteroatoms. The van der Waals surface area contributed by atoms with Gasteiger partial charge in [0.2, 0.25) is 5.88 Å². The summed E-state index contributed by atoms with van der Waals surface area (Å²) in [7, 11) is 0. The molecule has 0 radical (unpaired) electrons. The van der Waals surface area contributed by atoms with Crippen molar-refractivity contribution < 1.29 is 18.7 Å². The molecule has 3 aromatic heterocycles. The Balaban J connectivity index is 1.17. The van der Waals surface area contributed by atoms with Gasteiger partial charge in [0.1, 0.15) is 11.6 Å². The summed E-state index contributed by atoms with van der Waals surface area (Å²) < 4.78 is 24.1. The molecule has 1 amide bonds. The fraction of sp³-hybridized carbons (Fsp3) is 0.172. The highest BCUT2D eigenvalue weighted by Gasteiger charge is 2.16. The third kappa shape index (κ3) is 5.77. The number of benzene rings is 2. The number of anilines is 1. The molecular formula is C29H25FN6O3. The molecule has 39 heavy (non-hydrogen) atoms. The molecule has 2 aromatic carbocycles. The van der Waals surface area contributed by atoms with Crippen LogP contribution in [0, 0.1) is 5.82 Å². The van der Waals surface area contributed by atoms with E-state index in [2.05, 4.69) is 36.4 Å².